The van der Waals surface area contributed by atoms with Crippen LogP contribution < -0.4 is 4.90 Å². The summed E-state index contributed by atoms with van der Waals surface area (Å²) in [6.45, 7) is 0. The minimum Gasteiger partial charge on any atom is -0.419 e. The van der Waals surface area contributed by atoms with E-state index in [1.807, 2.05) is 0 Å². The van der Waals surface area contributed by atoms with E-state index in [1.165, 1.54) is 29.2 Å². The molecule has 0 aliphatic heterocycles. The first-order valence-electron chi connectivity index (χ1n) is 7.64. The van der Waals surface area contributed by atoms with Crippen molar-refractivity contribution in [1.29, 1.82) is 0 Å². The number of hydrogen-bond acceptors (Lipinski definition) is 7. The van der Waals surface area contributed by atoms with E-state index < -0.39 is 20.6 Å². The lowest BCUT2D eigenvalue weighted by molar-refractivity contribution is -0.384. The van der Waals surface area contributed by atoms with Crippen molar-refractivity contribution in [1.82, 2.24) is 4.98 Å². The van der Waals surface area contributed by atoms with E-state index in [0.29, 0.717) is 0 Å². The number of anilines is 1. The lowest BCUT2D eigenvalue weighted by atomic mass is 10.2. The molecule has 1 aromatic heterocycles. The van der Waals surface area contributed by atoms with E-state index in [2.05, 4.69) is 4.98 Å². The molecule has 1 heterocycles. The minimum absolute atomic E-state index is 0.0409. The first kappa shape index (κ1) is 18.5. The average Bonchev–Trinajstić information content (AvgIpc) is 3.09. The molecule has 140 valence electrons. The number of nitro groups is 1. The standard InChI is InChI=1S/C17H14FN3O5S/c1-20(2)17-16(27(24,25)14-8-6-12(18)7-9-14)19-15(26-17)11-4-3-5-13(10-11)21(22)23/h3-10H,1-2H3. The first-order valence-corrected chi connectivity index (χ1v) is 9.12. The van der Waals surface area contributed by atoms with Crippen LogP contribution in [0.5, 0.6) is 0 Å². The van der Waals surface area contributed by atoms with E-state index in [4.69, 9.17) is 4.42 Å². The maximum atomic E-state index is 13.1. The van der Waals surface area contributed by atoms with Gasteiger partial charge in [-0.1, -0.05) is 6.07 Å². The van der Waals surface area contributed by atoms with Crippen LogP contribution in [0.4, 0.5) is 16.0 Å². The molecule has 0 aliphatic carbocycles. The van der Waals surface area contributed by atoms with Crippen LogP contribution in [-0.4, -0.2) is 32.4 Å². The number of nitrogens with zero attached hydrogens (tertiary/aromatic N) is 3. The fourth-order valence-electron chi connectivity index (χ4n) is 2.36. The first-order chi connectivity index (χ1) is 12.7. The van der Waals surface area contributed by atoms with Crippen LogP contribution in [-0.2, 0) is 9.84 Å². The minimum atomic E-state index is -4.09. The third-order valence-corrected chi connectivity index (χ3v) is 5.34. The average molecular weight is 391 g/mol. The fourth-order valence-corrected chi connectivity index (χ4v) is 3.73. The second-order valence-corrected chi connectivity index (χ2v) is 7.65. The topological polar surface area (TPSA) is 107 Å². The Hall–Kier alpha value is -3.27. The summed E-state index contributed by atoms with van der Waals surface area (Å²) in [5.41, 5.74) is 0.0768. The Balaban J connectivity index is 2.16. The molecule has 0 radical (unpaired) electrons. The molecule has 3 aromatic rings. The lowest BCUT2D eigenvalue weighted by Crippen LogP contribution is -2.13. The van der Waals surface area contributed by atoms with Gasteiger partial charge < -0.3 is 9.32 Å². The molecule has 0 bridgehead atoms. The molecule has 0 saturated heterocycles. The number of halogens is 1. The summed E-state index contributed by atoms with van der Waals surface area (Å²) in [5, 5.41) is 10.6. The zero-order chi connectivity index (χ0) is 19.8. The van der Waals surface area contributed by atoms with Crippen LogP contribution in [0.25, 0.3) is 11.5 Å². The van der Waals surface area contributed by atoms with Crippen LogP contribution in [0.1, 0.15) is 0 Å². The van der Waals surface area contributed by atoms with E-state index in [1.54, 1.807) is 14.1 Å². The Kier molecular flexibility index (Phi) is 4.66. The molecule has 0 spiro atoms. The Morgan fingerprint density at radius 3 is 2.41 bits per heavy atom. The van der Waals surface area contributed by atoms with Crippen molar-refractivity contribution in [2.75, 3.05) is 19.0 Å². The quantitative estimate of drug-likeness (QED) is 0.373. The maximum absolute atomic E-state index is 13.1. The van der Waals surface area contributed by atoms with Crippen molar-refractivity contribution in [2.45, 2.75) is 9.92 Å². The summed E-state index contributed by atoms with van der Waals surface area (Å²) < 4.78 is 44.5. The molecule has 0 atom stereocenters. The largest absolute Gasteiger partial charge is 0.419 e. The molecular weight excluding hydrogens is 377 g/mol. The number of non-ortho nitro benzene ring substituents is 1. The van der Waals surface area contributed by atoms with Crippen molar-refractivity contribution in [3.63, 3.8) is 0 Å². The van der Waals surface area contributed by atoms with Gasteiger partial charge in [-0.15, -0.1) is 0 Å². The number of nitro benzene ring substituents is 1. The number of hydrogen-bond donors (Lipinski definition) is 0. The summed E-state index contributed by atoms with van der Waals surface area (Å²) in [7, 11) is -0.950. The molecule has 10 heteroatoms. The Bertz CT molecular complexity index is 1110. The van der Waals surface area contributed by atoms with Gasteiger partial charge in [0.05, 0.1) is 9.82 Å². The number of oxazole rings is 1. The highest BCUT2D eigenvalue weighted by molar-refractivity contribution is 7.91. The van der Waals surface area contributed by atoms with Gasteiger partial charge in [0, 0.05) is 31.8 Å². The highest BCUT2D eigenvalue weighted by Crippen LogP contribution is 2.34. The summed E-state index contributed by atoms with van der Waals surface area (Å²) in [4.78, 5) is 15.7. The highest BCUT2D eigenvalue weighted by atomic mass is 32.2. The number of sulfone groups is 1. The molecule has 2 aromatic carbocycles. The highest BCUT2D eigenvalue weighted by Gasteiger charge is 2.30. The normalized spacial score (nSPS) is 11.4. The van der Waals surface area contributed by atoms with E-state index >= 15 is 0 Å². The predicted molar refractivity (Wildman–Crippen MR) is 94.8 cm³/mol. The SMILES string of the molecule is CN(C)c1oc(-c2cccc([N+](=O)[O-])c2)nc1S(=O)(=O)c1ccc(F)cc1. The van der Waals surface area contributed by atoms with Gasteiger partial charge in [-0.3, -0.25) is 10.1 Å². The van der Waals surface area contributed by atoms with Gasteiger partial charge in [-0.25, -0.2) is 12.8 Å². The Labute approximate surface area is 153 Å². The molecule has 0 N–H and O–H groups in total. The monoisotopic (exact) mass is 391 g/mol. The van der Waals surface area contributed by atoms with Gasteiger partial charge in [0.1, 0.15) is 5.82 Å². The van der Waals surface area contributed by atoms with E-state index in [0.717, 1.165) is 24.3 Å². The zero-order valence-corrected chi connectivity index (χ0v) is 15.1. The van der Waals surface area contributed by atoms with Gasteiger partial charge in [0.2, 0.25) is 26.6 Å². The summed E-state index contributed by atoms with van der Waals surface area (Å²) in [6, 6.07) is 9.83. The number of benzene rings is 2. The van der Waals surface area contributed by atoms with Crippen molar-refractivity contribution < 1.29 is 22.1 Å². The second-order valence-electron chi connectivity index (χ2n) is 5.79. The summed E-state index contributed by atoms with van der Waals surface area (Å²) in [5.74, 6) is -0.692. The molecule has 0 saturated carbocycles. The molecular formula is C17H14FN3O5S. The van der Waals surface area contributed by atoms with E-state index in [9.17, 15) is 22.9 Å². The van der Waals surface area contributed by atoms with Crippen LogP contribution in [0, 0.1) is 15.9 Å². The third kappa shape index (κ3) is 3.51. The van der Waals surface area contributed by atoms with Gasteiger partial charge in [-0.2, -0.15) is 4.98 Å². The van der Waals surface area contributed by atoms with Gasteiger partial charge in [0.25, 0.3) is 5.69 Å². The summed E-state index contributed by atoms with van der Waals surface area (Å²) >= 11 is 0. The second kappa shape index (κ2) is 6.80. The summed E-state index contributed by atoms with van der Waals surface area (Å²) in [6.07, 6.45) is 0. The number of aromatic nitrogens is 1. The zero-order valence-electron chi connectivity index (χ0n) is 14.3. The van der Waals surface area contributed by atoms with E-state index in [-0.39, 0.29) is 32.9 Å². The maximum Gasteiger partial charge on any atom is 0.270 e. The molecule has 3 rings (SSSR count). The fraction of sp³-hybridized carbons (Fsp3) is 0.118. The van der Waals surface area contributed by atoms with Gasteiger partial charge >= 0.3 is 0 Å². The van der Waals surface area contributed by atoms with Crippen LogP contribution in [0.2, 0.25) is 0 Å². The Morgan fingerprint density at radius 2 is 1.81 bits per heavy atom. The van der Waals surface area contributed by atoms with Crippen LogP contribution in [0.15, 0.2) is 62.9 Å². The van der Waals surface area contributed by atoms with Gasteiger partial charge in [0.15, 0.2) is 0 Å². The van der Waals surface area contributed by atoms with Crippen molar-refractivity contribution in [3.05, 3.63) is 64.5 Å². The molecule has 0 amide bonds. The van der Waals surface area contributed by atoms with Gasteiger partial charge in [-0.05, 0) is 30.3 Å². The third-order valence-electron chi connectivity index (χ3n) is 3.67. The molecule has 0 unspecified atom stereocenters. The predicted octanol–water partition coefficient (Wildman–Crippen LogP) is 3.29. The lowest BCUT2D eigenvalue weighted by Gasteiger charge is -2.10. The van der Waals surface area contributed by atoms with Crippen LogP contribution in [0.3, 0.4) is 0 Å². The molecule has 0 fully saturated rings. The smallest absolute Gasteiger partial charge is 0.270 e. The Morgan fingerprint density at radius 1 is 1.15 bits per heavy atom. The van der Waals surface area contributed by atoms with Crippen molar-refractivity contribution in [3.8, 4) is 11.5 Å². The number of rotatable bonds is 5. The van der Waals surface area contributed by atoms with Crippen LogP contribution >= 0.6 is 0 Å². The molecule has 8 nitrogen and oxygen atoms in total. The molecule has 0 aliphatic rings. The molecule has 27 heavy (non-hydrogen) atoms. The van der Waals surface area contributed by atoms with Crippen molar-refractivity contribution in [2.24, 2.45) is 0 Å². The van der Waals surface area contributed by atoms with Crippen molar-refractivity contribution >= 4 is 21.4 Å².